The molecule has 0 aromatic heterocycles. The van der Waals surface area contributed by atoms with Crippen molar-refractivity contribution in [3.63, 3.8) is 0 Å². The molecule has 0 radical (unpaired) electrons. The number of rotatable bonds is 0. The molecule has 13 heavy (non-hydrogen) atoms. The molecule has 0 bridgehead atoms. The summed E-state index contributed by atoms with van der Waals surface area (Å²) in [6, 6.07) is 1.75. The Bertz CT molecular complexity index is 306. The van der Waals surface area contributed by atoms with E-state index in [4.69, 9.17) is 5.73 Å². The zero-order valence-electron chi connectivity index (χ0n) is 6.74. The Morgan fingerprint density at radius 2 is 1.77 bits per heavy atom. The Kier molecular flexibility index (Phi) is 2.19. The molecule has 0 saturated carbocycles. The first-order chi connectivity index (χ1) is 5.82. The fourth-order valence-electron chi connectivity index (χ4n) is 1.13. The first-order valence-corrected chi connectivity index (χ1v) is 3.45. The Hall–Kier alpha value is -1.26. The molecule has 1 aromatic rings. The van der Waals surface area contributed by atoms with E-state index in [1.165, 1.54) is 6.92 Å². The summed E-state index contributed by atoms with van der Waals surface area (Å²) in [5.74, 6) is -1.33. The Morgan fingerprint density at radius 1 is 1.23 bits per heavy atom. The van der Waals surface area contributed by atoms with Crippen LogP contribution in [0, 0.1) is 12.7 Å². The van der Waals surface area contributed by atoms with E-state index in [0.717, 1.165) is 6.07 Å². The van der Waals surface area contributed by atoms with Gasteiger partial charge in [0.2, 0.25) is 0 Å². The van der Waals surface area contributed by atoms with Crippen LogP contribution in [0.3, 0.4) is 0 Å². The lowest BCUT2D eigenvalue weighted by molar-refractivity contribution is -0.140. The first kappa shape index (κ1) is 9.83. The van der Waals surface area contributed by atoms with E-state index in [0.29, 0.717) is 6.07 Å². The Morgan fingerprint density at radius 3 is 2.15 bits per heavy atom. The van der Waals surface area contributed by atoms with Crippen molar-refractivity contribution >= 4 is 5.69 Å². The van der Waals surface area contributed by atoms with E-state index in [-0.39, 0.29) is 11.3 Å². The molecule has 0 spiro atoms. The lowest BCUT2D eigenvalue weighted by Crippen LogP contribution is -2.11. The van der Waals surface area contributed by atoms with Crippen LogP contribution < -0.4 is 5.73 Å². The van der Waals surface area contributed by atoms with Gasteiger partial charge in [-0.1, -0.05) is 0 Å². The van der Waals surface area contributed by atoms with Gasteiger partial charge < -0.3 is 5.73 Å². The summed E-state index contributed by atoms with van der Waals surface area (Å²) in [7, 11) is 0. The third-order valence-electron chi connectivity index (χ3n) is 1.59. The Labute approximate surface area is 72.2 Å². The van der Waals surface area contributed by atoms with Crippen LogP contribution in [0.15, 0.2) is 12.1 Å². The standard InChI is InChI=1S/C8H7F4N/c1-4-2-5(13)3-6(9)7(4)8(10,11)12/h2-3H,13H2,1H3. The van der Waals surface area contributed by atoms with Crippen LogP contribution in [0.4, 0.5) is 23.2 Å². The highest BCUT2D eigenvalue weighted by Crippen LogP contribution is 2.34. The number of hydrogen-bond acceptors (Lipinski definition) is 1. The molecule has 2 N–H and O–H groups in total. The second-order valence-corrected chi connectivity index (χ2v) is 2.69. The number of nitrogens with two attached hydrogens (primary N) is 1. The second kappa shape index (κ2) is 2.90. The van der Waals surface area contributed by atoms with Gasteiger partial charge in [-0.15, -0.1) is 0 Å². The fraction of sp³-hybridized carbons (Fsp3) is 0.250. The molecule has 1 nitrogen and oxygen atoms in total. The predicted molar refractivity (Wildman–Crippen MR) is 40.6 cm³/mol. The molecule has 0 aliphatic carbocycles. The summed E-state index contributed by atoms with van der Waals surface area (Å²) < 4.78 is 49.3. The van der Waals surface area contributed by atoms with Gasteiger partial charge in [-0.25, -0.2) is 4.39 Å². The summed E-state index contributed by atoms with van der Waals surface area (Å²) in [5.41, 5.74) is 3.70. The highest BCUT2D eigenvalue weighted by atomic mass is 19.4. The van der Waals surface area contributed by atoms with Crippen LogP contribution in [-0.4, -0.2) is 0 Å². The SMILES string of the molecule is Cc1cc(N)cc(F)c1C(F)(F)F. The second-order valence-electron chi connectivity index (χ2n) is 2.69. The molecule has 0 atom stereocenters. The summed E-state index contributed by atoms with van der Waals surface area (Å²) in [6.45, 7) is 1.17. The number of alkyl halides is 3. The van der Waals surface area contributed by atoms with Gasteiger partial charge in [-0.05, 0) is 24.6 Å². The predicted octanol–water partition coefficient (Wildman–Crippen LogP) is 2.74. The number of nitrogen functional groups attached to an aromatic ring is 1. The lowest BCUT2D eigenvalue weighted by Gasteiger charge is -2.11. The van der Waals surface area contributed by atoms with Crippen LogP contribution >= 0.6 is 0 Å². The monoisotopic (exact) mass is 193 g/mol. The largest absolute Gasteiger partial charge is 0.419 e. The van der Waals surface area contributed by atoms with Crippen molar-refractivity contribution < 1.29 is 17.6 Å². The van der Waals surface area contributed by atoms with Crippen molar-refractivity contribution in [1.29, 1.82) is 0 Å². The van der Waals surface area contributed by atoms with Crippen LogP contribution in [-0.2, 0) is 6.18 Å². The number of aryl methyl sites for hydroxylation is 1. The first-order valence-electron chi connectivity index (χ1n) is 3.45. The maximum absolute atomic E-state index is 12.8. The minimum atomic E-state index is -4.66. The normalized spacial score (nSPS) is 11.8. The molecular weight excluding hydrogens is 186 g/mol. The average molecular weight is 193 g/mol. The minimum absolute atomic E-state index is 0.0111. The van der Waals surface area contributed by atoms with Gasteiger partial charge in [0.25, 0.3) is 0 Å². The van der Waals surface area contributed by atoms with Crippen molar-refractivity contribution in [1.82, 2.24) is 0 Å². The molecule has 0 amide bonds. The summed E-state index contributed by atoms with van der Waals surface area (Å²) in [6.07, 6.45) is -4.66. The van der Waals surface area contributed by atoms with E-state index in [2.05, 4.69) is 0 Å². The number of hydrogen-bond donors (Lipinski definition) is 1. The summed E-state index contributed by atoms with van der Waals surface area (Å²) in [4.78, 5) is 0. The molecule has 1 rings (SSSR count). The average Bonchev–Trinajstić information content (AvgIpc) is 1.78. The van der Waals surface area contributed by atoms with Crippen molar-refractivity contribution in [2.75, 3.05) is 5.73 Å². The quantitative estimate of drug-likeness (QED) is 0.497. The molecule has 0 fully saturated rings. The van der Waals surface area contributed by atoms with E-state index in [1.54, 1.807) is 0 Å². The molecule has 0 aliphatic rings. The van der Waals surface area contributed by atoms with Gasteiger partial charge in [-0.3, -0.25) is 0 Å². The molecule has 1 aromatic carbocycles. The van der Waals surface area contributed by atoms with Crippen LogP contribution in [0.1, 0.15) is 11.1 Å². The number of benzene rings is 1. The van der Waals surface area contributed by atoms with Gasteiger partial charge in [0, 0.05) is 5.69 Å². The van der Waals surface area contributed by atoms with E-state index < -0.39 is 17.6 Å². The highest BCUT2D eigenvalue weighted by Gasteiger charge is 2.35. The van der Waals surface area contributed by atoms with Gasteiger partial charge in [0.1, 0.15) is 5.82 Å². The zero-order valence-corrected chi connectivity index (χ0v) is 6.74. The van der Waals surface area contributed by atoms with Crippen molar-refractivity contribution in [3.05, 3.63) is 29.1 Å². The van der Waals surface area contributed by atoms with Crippen molar-refractivity contribution in [2.24, 2.45) is 0 Å². The van der Waals surface area contributed by atoms with Gasteiger partial charge in [0.05, 0.1) is 5.56 Å². The molecule has 0 unspecified atom stereocenters. The van der Waals surface area contributed by atoms with E-state index >= 15 is 0 Å². The molecule has 72 valence electrons. The highest BCUT2D eigenvalue weighted by molar-refractivity contribution is 5.46. The molecule has 0 saturated heterocycles. The molecular formula is C8H7F4N. The van der Waals surface area contributed by atoms with Crippen LogP contribution in [0.5, 0.6) is 0 Å². The van der Waals surface area contributed by atoms with Gasteiger partial charge >= 0.3 is 6.18 Å². The lowest BCUT2D eigenvalue weighted by atomic mass is 10.1. The van der Waals surface area contributed by atoms with E-state index in [1.807, 2.05) is 0 Å². The molecule has 0 aliphatic heterocycles. The van der Waals surface area contributed by atoms with Gasteiger partial charge in [0.15, 0.2) is 0 Å². The molecule has 5 heteroatoms. The van der Waals surface area contributed by atoms with Gasteiger partial charge in [-0.2, -0.15) is 13.2 Å². The third-order valence-corrected chi connectivity index (χ3v) is 1.59. The minimum Gasteiger partial charge on any atom is -0.399 e. The van der Waals surface area contributed by atoms with E-state index in [9.17, 15) is 17.6 Å². The van der Waals surface area contributed by atoms with Crippen LogP contribution in [0.2, 0.25) is 0 Å². The number of anilines is 1. The Balaban J connectivity index is 3.38. The fourth-order valence-corrected chi connectivity index (χ4v) is 1.13. The number of halogens is 4. The van der Waals surface area contributed by atoms with Crippen molar-refractivity contribution in [2.45, 2.75) is 13.1 Å². The third kappa shape index (κ3) is 1.91. The topological polar surface area (TPSA) is 26.0 Å². The maximum Gasteiger partial charge on any atom is 0.419 e. The van der Waals surface area contributed by atoms with Crippen molar-refractivity contribution in [3.8, 4) is 0 Å². The molecule has 0 heterocycles. The smallest absolute Gasteiger partial charge is 0.399 e. The van der Waals surface area contributed by atoms with Crippen LogP contribution in [0.25, 0.3) is 0 Å². The zero-order chi connectivity index (χ0) is 10.2. The summed E-state index contributed by atoms with van der Waals surface area (Å²) in [5, 5.41) is 0. The summed E-state index contributed by atoms with van der Waals surface area (Å²) >= 11 is 0. The maximum atomic E-state index is 12.8.